The summed E-state index contributed by atoms with van der Waals surface area (Å²) in [7, 11) is 0. The first-order valence-corrected chi connectivity index (χ1v) is 24.3. The molecule has 9 rings (SSSR count). The smallest absolute Gasteiger partial charge is 0.0112 e. The van der Waals surface area contributed by atoms with Crippen molar-refractivity contribution in [2.75, 3.05) is 0 Å². The molecular weight excluding hydrogens is 791 g/mol. The molecule has 0 unspecified atom stereocenters. The van der Waals surface area contributed by atoms with Crippen molar-refractivity contribution in [2.45, 2.75) is 40.8 Å². The number of hydrogen-bond donors (Lipinski definition) is 0. The van der Waals surface area contributed by atoms with Crippen molar-refractivity contribution in [1.29, 1.82) is 0 Å². The summed E-state index contributed by atoms with van der Waals surface area (Å²) >= 11 is 1.74. The quantitative estimate of drug-likeness (QED) is 0.124. The van der Waals surface area contributed by atoms with E-state index in [1.165, 1.54) is 98.7 Å². The minimum atomic E-state index is 0. The fraction of sp³-hybridized carbons (Fsp3) is 0.120. The first-order chi connectivity index (χ1) is 25.2. The van der Waals surface area contributed by atoms with E-state index >= 15 is 0 Å². The molecule has 0 aromatic heterocycles. The molecule has 0 aliphatic carbocycles. The van der Waals surface area contributed by atoms with Crippen LogP contribution in [-0.4, -0.2) is 5.43 Å². The third kappa shape index (κ3) is 8.59. The molecule has 0 spiro atoms. The van der Waals surface area contributed by atoms with Crippen molar-refractivity contribution in [3.63, 3.8) is 0 Å². The van der Waals surface area contributed by atoms with Gasteiger partial charge in [0.05, 0.1) is 0 Å². The van der Waals surface area contributed by atoms with E-state index in [2.05, 4.69) is 199 Å². The normalized spacial score (nSPS) is 10.6. The fourth-order valence-electron chi connectivity index (χ4n) is 7.63. The van der Waals surface area contributed by atoms with Crippen molar-refractivity contribution >= 4 is 48.5 Å². The van der Waals surface area contributed by atoms with Crippen LogP contribution in [0.1, 0.15) is 22.3 Å². The monoisotopic (exact) mass is 832 g/mol. The Kier molecular flexibility index (Phi) is 13.8. The van der Waals surface area contributed by atoms with E-state index in [0.29, 0.717) is 0 Å². The summed E-state index contributed by atoms with van der Waals surface area (Å²) in [5.41, 5.74) is 13.5. The molecule has 268 valence electrons. The van der Waals surface area contributed by atoms with Crippen LogP contribution >= 0.6 is 0 Å². The summed E-state index contributed by atoms with van der Waals surface area (Å²) < 4.78 is 0. The van der Waals surface area contributed by atoms with Crippen LogP contribution < -0.4 is 24.8 Å². The molecule has 0 aliphatic heterocycles. The average Bonchev–Trinajstić information content (AvgIpc) is 3.75. The molecule has 0 atom stereocenters. The maximum Gasteiger partial charge on any atom is -0.0112 e. The Labute approximate surface area is 348 Å². The van der Waals surface area contributed by atoms with Crippen molar-refractivity contribution in [3.8, 4) is 33.4 Å². The van der Waals surface area contributed by atoms with Gasteiger partial charge in [0.1, 0.15) is 0 Å². The second-order valence-corrected chi connectivity index (χ2v) is 23.5. The molecule has 0 radical (unpaired) electrons. The Hall–Kier alpha value is -4.04. The maximum atomic E-state index is 2.36. The topological polar surface area (TPSA) is 0 Å². The van der Waals surface area contributed by atoms with Gasteiger partial charge in [-0.3, -0.25) is 0 Å². The van der Waals surface area contributed by atoms with E-state index in [9.17, 15) is 0 Å². The van der Waals surface area contributed by atoms with Gasteiger partial charge in [-0.15, -0.1) is 68.6 Å². The van der Waals surface area contributed by atoms with Gasteiger partial charge in [-0.2, -0.15) is 6.07 Å². The maximum absolute atomic E-state index is 2.36. The van der Waals surface area contributed by atoms with Crippen molar-refractivity contribution in [2.24, 2.45) is 0 Å². The molecule has 0 bridgehead atoms. The summed E-state index contributed by atoms with van der Waals surface area (Å²) in [6, 6.07) is 57.4. The SMILES string of the molecule is C[Si](C)=[Zr+2].Cc1cc2c(-c3cccc4ccccc34)ccc(C)c2[cH-]1.Cc1cccc(C)c1-c1cc2c(-c3cccc4ccccc34)cccc2[cH-]1.[Cl-].[Cl-]. The Morgan fingerprint density at radius 3 is 1.48 bits per heavy atom. The molecule has 9 aromatic carbocycles. The molecule has 0 aliphatic rings. The van der Waals surface area contributed by atoms with E-state index < -0.39 is 0 Å². The first kappa shape index (κ1) is 41.1. The van der Waals surface area contributed by atoms with E-state index in [4.69, 9.17) is 0 Å². The summed E-state index contributed by atoms with van der Waals surface area (Å²) in [6.45, 7) is 13.4. The molecule has 0 saturated heterocycles. The third-order valence-corrected chi connectivity index (χ3v) is 9.93. The van der Waals surface area contributed by atoms with Gasteiger partial charge in [0, 0.05) is 0 Å². The fourth-order valence-corrected chi connectivity index (χ4v) is 7.63. The van der Waals surface area contributed by atoms with Crippen LogP contribution in [0.3, 0.4) is 0 Å². The van der Waals surface area contributed by atoms with Gasteiger partial charge in [-0.1, -0.05) is 163 Å². The third-order valence-electron chi connectivity index (χ3n) is 9.93. The van der Waals surface area contributed by atoms with Gasteiger partial charge >= 0.3 is 41.9 Å². The van der Waals surface area contributed by atoms with Gasteiger partial charge < -0.3 is 24.8 Å². The van der Waals surface area contributed by atoms with Gasteiger partial charge in [0.2, 0.25) is 0 Å². The van der Waals surface area contributed by atoms with Crippen molar-refractivity contribution < 1.29 is 48.1 Å². The largest absolute Gasteiger partial charge is 1.00 e. The molecular formula is C50H44Cl2SiZr-2. The minimum absolute atomic E-state index is 0. The van der Waals surface area contributed by atoms with E-state index in [1.807, 2.05) is 0 Å². The summed E-state index contributed by atoms with van der Waals surface area (Å²) in [5, 5.41) is 10.6. The number of halogens is 2. The molecule has 0 nitrogen and oxygen atoms in total. The van der Waals surface area contributed by atoms with Crippen LogP contribution in [0.2, 0.25) is 13.1 Å². The molecule has 9 aromatic rings. The molecule has 0 saturated carbocycles. The molecule has 0 N–H and O–H groups in total. The Balaban J connectivity index is 0.000000187. The Morgan fingerprint density at radius 1 is 0.444 bits per heavy atom. The van der Waals surface area contributed by atoms with E-state index in [1.54, 1.807) is 23.3 Å². The van der Waals surface area contributed by atoms with Crippen LogP contribution in [0.25, 0.3) is 76.5 Å². The van der Waals surface area contributed by atoms with Gasteiger partial charge in [0.15, 0.2) is 0 Å². The van der Waals surface area contributed by atoms with E-state index in [0.717, 1.165) is 0 Å². The predicted molar refractivity (Wildman–Crippen MR) is 227 cm³/mol. The standard InChI is InChI=1S/C27H21.C21H17.C2H6Si.2ClH.Zr/c1-18-8-5-9-19(2)27(18)22-16-21-12-7-15-25(26(21)17-22)24-14-6-11-20-10-3-4-13-23(20)24;1-14-12-20-15(2)10-11-19(21(20)13-14)18-9-5-7-16-6-3-4-8-17(16)18;1-3-2;;;/h3-17H,1-2H3;3-13H,1-2H3;1-2H3;2*1H;/q2*-1;;;;+2/p-2. The zero-order valence-electron chi connectivity index (χ0n) is 31.8. The number of rotatable bonds is 3. The van der Waals surface area contributed by atoms with Crippen molar-refractivity contribution in [3.05, 3.63) is 180 Å². The zero-order chi connectivity index (χ0) is 36.4. The van der Waals surface area contributed by atoms with Crippen LogP contribution in [0, 0.1) is 27.7 Å². The summed E-state index contributed by atoms with van der Waals surface area (Å²) in [6.07, 6.45) is 0. The predicted octanol–water partition coefficient (Wildman–Crippen LogP) is 8.45. The van der Waals surface area contributed by atoms with Gasteiger partial charge in [-0.05, 0) is 46.5 Å². The minimum Gasteiger partial charge on any atom is -1.00 e. The van der Waals surface area contributed by atoms with Crippen LogP contribution in [0.5, 0.6) is 0 Å². The second kappa shape index (κ2) is 18.1. The van der Waals surface area contributed by atoms with Gasteiger partial charge in [0.25, 0.3) is 0 Å². The van der Waals surface area contributed by atoms with Gasteiger partial charge in [-0.25, -0.2) is 0 Å². The summed E-state index contributed by atoms with van der Waals surface area (Å²) in [4.78, 5) is 0. The molecule has 0 fully saturated rings. The first-order valence-electron chi connectivity index (χ1n) is 18.1. The molecule has 4 heteroatoms. The van der Waals surface area contributed by atoms with Crippen LogP contribution in [0.4, 0.5) is 0 Å². The average molecular weight is 835 g/mol. The number of benzene rings is 7. The Morgan fingerprint density at radius 2 is 0.907 bits per heavy atom. The Bertz CT molecular complexity index is 2700. The molecule has 0 heterocycles. The summed E-state index contributed by atoms with van der Waals surface area (Å²) in [5.74, 6) is 0. The number of aryl methyl sites for hydroxylation is 4. The number of hydrogen-bond acceptors (Lipinski definition) is 0. The molecule has 0 amide bonds. The van der Waals surface area contributed by atoms with Crippen molar-refractivity contribution in [1.82, 2.24) is 0 Å². The number of fused-ring (bicyclic) bond motifs is 4. The van der Waals surface area contributed by atoms with Crippen LogP contribution in [0.15, 0.2) is 158 Å². The second-order valence-electron chi connectivity index (χ2n) is 14.2. The molecule has 54 heavy (non-hydrogen) atoms. The van der Waals surface area contributed by atoms with E-state index in [-0.39, 0.29) is 30.2 Å². The zero-order valence-corrected chi connectivity index (χ0v) is 36.7. The van der Waals surface area contributed by atoms with Crippen LogP contribution in [-0.2, 0) is 23.3 Å².